The Morgan fingerprint density at radius 2 is 1.50 bits per heavy atom. The quantitative estimate of drug-likeness (QED) is 0.205. The summed E-state index contributed by atoms with van der Waals surface area (Å²) >= 11 is 1.06. The second-order valence-electron chi connectivity index (χ2n) is 13.9. The van der Waals surface area contributed by atoms with Gasteiger partial charge in [0, 0.05) is 17.8 Å². The first kappa shape index (κ1) is 36.5. The van der Waals surface area contributed by atoms with Gasteiger partial charge in [-0.1, -0.05) is 30.3 Å². The number of hydrogen-bond acceptors (Lipinski definition) is 10. The number of amides is 3. The lowest BCUT2D eigenvalue weighted by Gasteiger charge is -2.26. The smallest absolute Gasteiger partial charge is 0.408 e. The minimum absolute atomic E-state index is 0.000839. The van der Waals surface area contributed by atoms with Crippen molar-refractivity contribution < 1.29 is 42.9 Å². The number of hydrogen-bond donors (Lipinski definition) is 3. The molecule has 3 amide bonds. The van der Waals surface area contributed by atoms with E-state index >= 15 is 0 Å². The zero-order chi connectivity index (χ0) is 34.4. The van der Waals surface area contributed by atoms with Crippen LogP contribution in [0.25, 0.3) is 0 Å². The summed E-state index contributed by atoms with van der Waals surface area (Å²) in [7, 11) is 0. The molecule has 0 spiro atoms. The van der Waals surface area contributed by atoms with E-state index in [1.165, 1.54) is 0 Å². The molecular weight excluding hydrogens is 614 g/mol. The van der Waals surface area contributed by atoms with Crippen molar-refractivity contribution in [2.45, 2.75) is 104 Å². The Bertz CT molecular complexity index is 1430. The van der Waals surface area contributed by atoms with E-state index in [4.69, 9.17) is 18.9 Å². The zero-order valence-electron chi connectivity index (χ0n) is 28.0. The van der Waals surface area contributed by atoms with Gasteiger partial charge in [-0.2, -0.15) is 0 Å². The van der Waals surface area contributed by atoms with Crippen LogP contribution >= 0.6 is 11.3 Å². The van der Waals surface area contributed by atoms with Crippen LogP contribution in [-0.4, -0.2) is 65.8 Å². The minimum Gasteiger partial charge on any atom is -0.456 e. The number of thiophene rings is 1. The first-order chi connectivity index (χ1) is 21.2. The predicted molar refractivity (Wildman–Crippen MR) is 173 cm³/mol. The Morgan fingerprint density at radius 3 is 2.09 bits per heavy atom. The topological polar surface area (TPSA) is 158 Å². The molecule has 2 unspecified atom stereocenters. The highest BCUT2D eigenvalue weighted by Crippen LogP contribution is 2.42. The summed E-state index contributed by atoms with van der Waals surface area (Å²) in [5.41, 5.74) is -0.930. The van der Waals surface area contributed by atoms with Gasteiger partial charge in [-0.25, -0.2) is 14.4 Å². The molecule has 2 atom stereocenters. The van der Waals surface area contributed by atoms with Gasteiger partial charge in [0.15, 0.2) is 0 Å². The van der Waals surface area contributed by atoms with Crippen LogP contribution in [0.3, 0.4) is 0 Å². The Morgan fingerprint density at radius 1 is 0.891 bits per heavy atom. The summed E-state index contributed by atoms with van der Waals surface area (Å²) in [5.74, 6) is -3.27. The summed E-state index contributed by atoms with van der Waals surface area (Å²) in [6.07, 6.45) is -0.870. The normalized spacial score (nSPS) is 15.5. The SMILES string of the molecule is CC(C)(C)OC(=O)NC(Cc1ccccc1)C(=O)NCC1OCCc2c1sc(NC(=O)C(=O)OC(C)(C)C)c2C(=O)OC(C)(C)C. The molecule has 1 aromatic carbocycles. The maximum atomic E-state index is 13.5. The molecule has 1 aliphatic heterocycles. The number of anilines is 1. The highest BCUT2D eigenvalue weighted by atomic mass is 32.1. The monoisotopic (exact) mass is 659 g/mol. The lowest BCUT2D eigenvalue weighted by Crippen LogP contribution is -2.50. The van der Waals surface area contributed by atoms with Crippen molar-refractivity contribution in [3.8, 4) is 0 Å². The number of carbonyl (C=O) groups is 5. The number of fused-ring (bicyclic) bond motifs is 1. The van der Waals surface area contributed by atoms with E-state index in [1.54, 1.807) is 62.3 Å². The van der Waals surface area contributed by atoms with Crippen molar-refractivity contribution in [2.75, 3.05) is 18.5 Å². The first-order valence-corrected chi connectivity index (χ1v) is 15.9. The third-order valence-electron chi connectivity index (χ3n) is 6.17. The molecule has 0 radical (unpaired) electrons. The number of carbonyl (C=O) groups excluding carboxylic acids is 5. The number of alkyl carbamates (subject to hydrolysis) is 1. The van der Waals surface area contributed by atoms with Crippen LogP contribution in [0.15, 0.2) is 30.3 Å². The number of benzene rings is 1. The lowest BCUT2D eigenvalue weighted by atomic mass is 10.0. The molecule has 2 heterocycles. The van der Waals surface area contributed by atoms with Crippen LogP contribution in [-0.2, 0) is 46.2 Å². The Balaban J connectivity index is 1.86. The van der Waals surface area contributed by atoms with Crippen molar-refractivity contribution in [2.24, 2.45) is 0 Å². The van der Waals surface area contributed by atoms with Gasteiger partial charge in [-0.3, -0.25) is 9.59 Å². The lowest BCUT2D eigenvalue weighted by molar-refractivity contribution is -0.161. The third-order valence-corrected chi connectivity index (χ3v) is 7.41. The van der Waals surface area contributed by atoms with Gasteiger partial charge >= 0.3 is 23.9 Å². The average Bonchev–Trinajstić information content (AvgIpc) is 3.27. The van der Waals surface area contributed by atoms with Gasteiger partial charge in [0.1, 0.15) is 34.0 Å². The van der Waals surface area contributed by atoms with Crippen molar-refractivity contribution in [3.05, 3.63) is 51.9 Å². The Kier molecular flexibility index (Phi) is 11.6. The van der Waals surface area contributed by atoms with Crippen molar-refractivity contribution in [1.82, 2.24) is 10.6 Å². The molecule has 0 bridgehead atoms. The van der Waals surface area contributed by atoms with Crippen molar-refractivity contribution >= 4 is 46.2 Å². The van der Waals surface area contributed by atoms with E-state index in [2.05, 4.69) is 16.0 Å². The summed E-state index contributed by atoms with van der Waals surface area (Å²) in [4.78, 5) is 65.3. The van der Waals surface area contributed by atoms with Crippen LogP contribution in [0.2, 0.25) is 0 Å². The van der Waals surface area contributed by atoms with Crippen LogP contribution < -0.4 is 16.0 Å². The van der Waals surface area contributed by atoms with Crippen molar-refractivity contribution in [1.29, 1.82) is 0 Å². The number of nitrogens with one attached hydrogen (secondary N) is 3. The predicted octanol–water partition coefficient (Wildman–Crippen LogP) is 4.85. The fourth-order valence-electron chi connectivity index (χ4n) is 4.46. The molecular formula is C33H45N3O9S. The Labute approximate surface area is 273 Å². The number of rotatable bonds is 8. The number of esters is 2. The molecule has 252 valence electrons. The van der Waals surface area contributed by atoms with Crippen molar-refractivity contribution in [3.63, 3.8) is 0 Å². The molecule has 1 aromatic heterocycles. The fourth-order valence-corrected chi connectivity index (χ4v) is 5.74. The van der Waals surface area contributed by atoms with Gasteiger partial charge < -0.3 is 34.9 Å². The molecule has 12 nitrogen and oxygen atoms in total. The summed E-state index contributed by atoms with van der Waals surface area (Å²) in [6.45, 7) is 15.5. The first-order valence-electron chi connectivity index (χ1n) is 15.1. The summed E-state index contributed by atoms with van der Waals surface area (Å²) in [6, 6.07) is 8.29. The van der Waals surface area contributed by atoms with Gasteiger partial charge in [0.05, 0.1) is 12.2 Å². The van der Waals surface area contributed by atoms with E-state index in [0.29, 0.717) is 16.9 Å². The average molecular weight is 660 g/mol. The van der Waals surface area contributed by atoms with Crippen LogP contribution in [0.1, 0.15) is 94.8 Å². The van der Waals surface area contributed by atoms with E-state index in [-0.39, 0.29) is 30.1 Å². The Hall–Kier alpha value is -3.97. The molecule has 1 aliphatic rings. The van der Waals surface area contributed by atoms with E-state index in [0.717, 1.165) is 16.9 Å². The summed E-state index contributed by atoms with van der Waals surface area (Å²) in [5, 5.41) is 8.16. The second kappa shape index (κ2) is 14.6. The molecule has 0 saturated heterocycles. The van der Waals surface area contributed by atoms with Crippen LogP contribution in [0.4, 0.5) is 9.80 Å². The standard InChI is InChI=1S/C33H45N3O9S/c1-31(2,3)43-28(39)23-20-15-16-42-22(24(20)46-27(23)36-26(38)29(40)44-32(4,5)6)18-34-25(37)21(17-19-13-11-10-12-14-19)35-30(41)45-33(7,8)9/h10-14,21-22H,15-18H2,1-9H3,(H,34,37)(H,35,41)(H,36,38). The maximum absolute atomic E-state index is 13.5. The third kappa shape index (κ3) is 11.1. The molecule has 0 saturated carbocycles. The van der Waals surface area contributed by atoms with Gasteiger partial charge in [-0.15, -0.1) is 11.3 Å². The van der Waals surface area contributed by atoms with Crippen LogP contribution in [0, 0.1) is 0 Å². The highest BCUT2D eigenvalue weighted by Gasteiger charge is 2.36. The highest BCUT2D eigenvalue weighted by molar-refractivity contribution is 7.17. The van der Waals surface area contributed by atoms with Crippen LogP contribution in [0.5, 0.6) is 0 Å². The summed E-state index contributed by atoms with van der Waals surface area (Å²) < 4.78 is 22.2. The molecule has 0 aliphatic carbocycles. The van der Waals surface area contributed by atoms with Gasteiger partial charge in [0.25, 0.3) is 0 Å². The molecule has 3 rings (SSSR count). The van der Waals surface area contributed by atoms with E-state index < -0.39 is 58.8 Å². The van der Waals surface area contributed by atoms with E-state index in [9.17, 15) is 24.0 Å². The maximum Gasteiger partial charge on any atom is 0.408 e. The molecule has 3 N–H and O–H groups in total. The fraction of sp³-hybridized carbons (Fsp3) is 0.545. The van der Waals surface area contributed by atoms with E-state index in [1.807, 2.05) is 30.3 Å². The second-order valence-corrected chi connectivity index (χ2v) is 14.9. The van der Waals surface area contributed by atoms with Gasteiger partial charge in [0.2, 0.25) is 5.91 Å². The molecule has 13 heteroatoms. The number of ether oxygens (including phenoxy) is 4. The van der Waals surface area contributed by atoms with Gasteiger partial charge in [-0.05, 0) is 79.9 Å². The molecule has 2 aromatic rings. The molecule has 0 fully saturated rings. The minimum atomic E-state index is -1.10. The molecule has 46 heavy (non-hydrogen) atoms. The zero-order valence-corrected chi connectivity index (χ0v) is 28.8. The largest absolute Gasteiger partial charge is 0.456 e.